The van der Waals surface area contributed by atoms with Crippen molar-refractivity contribution >= 4 is 79.9 Å². The summed E-state index contributed by atoms with van der Waals surface area (Å²) in [5, 5.41) is 6.27. The third-order valence-electron chi connectivity index (χ3n) is 3.33. The SMILES string of the molecule is O=C(COC(=O)CCC(=O)Nc1cc(Cl)ccc1Cl)Nc1ccc(Br)c(Cl)c1. The molecule has 28 heavy (non-hydrogen) atoms. The van der Waals surface area contributed by atoms with Crippen LogP contribution in [0, 0.1) is 0 Å². The fraction of sp³-hybridized carbons (Fsp3) is 0.167. The van der Waals surface area contributed by atoms with E-state index in [0.29, 0.717) is 30.9 Å². The van der Waals surface area contributed by atoms with Crippen LogP contribution in [0.1, 0.15) is 12.8 Å². The molecule has 0 aliphatic rings. The third kappa shape index (κ3) is 7.31. The molecule has 148 valence electrons. The van der Waals surface area contributed by atoms with E-state index < -0.39 is 24.4 Å². The lowest BCUT2D eigenvalue weighted by Crippen LogP contribution is -2.21. The van der Waals surface area contributed by atoms with E-state index in [1.54, 1.807) is 30.3 Å². The van der Waals surface area contributed by atoms with E-state index in [4.69, 9.17) is 39.5 Å². The Hall–Kier alpha value is -1.80. The van der Waals surface area contributed by atoms with Gasteiger partial charge in [-0.2, -0.15) is 0 Å². The summed E-state index contributed by atoms with van der Waals surface area (Å²) in [6.07, 6.45) is -0.326. The zero-order chi connectivity index (χ0) is 20.7. The number of carbonyl (C=O) groups excluding carboxylic acids is 3. The molecule has 10 heteroatoms. The first-order valence-corrected chi connectivity index (χ1v) is 9.82. The van der Waals surface area contributed by atoms with Crippen LogP contribution in [-0.2, 0) is 19.1 Å². The Kier molecular flexibility index (Phi) is 8.57. The fourth-order valence-electron chi connectivity index (χ4n) is 2.01. The minimum absolute atomic E-state index is 0.133. The lowest BCUT2D eigenvalue weighted by molar-refractivity contribution is -0.147. The van der Waals surface area contributed by atoms with Crippen molar-refractivity contribution in [3.63, 3.8) is 0 Å². The predicted molar refractivity (Wildman–Crippen MR) is 113 cm³/mol. The van der Waals surface area contributed by atoms with E-state index in [9.17, 15) is 14.4 Å². The Morgan fingerprint density at radius 1 is 0.893 bits per heavy atom. The molecule has 0 radical (unpaired) electrons. The predicted octanol–water partition coefficient (Wildman–Crippen LogP) is 5.31. The van der Waals surface area contributed by atoms with Crippen molar-refractivity contribution < 1.29 is 19.1 Å². The van der Waals surface area contributed by atoms with Crippen LogP contribution in [0.5, 0.6) is 0 Å². The number of benzene rings is 2. The molecule has 0 bridgehead atoms. The molecule has 0 aliphatic heterocycles. The summed E-state index contributed by atoms with van der Waals surface area (Å²) in [6, 6.07) is 9.50. The molecule has 0 atom stereocenters. The highest BCUT2D eigenvalue weighted by Crippen LogP contribution is 2.26. The van der Waals surface area contributed by atoms with Gasteiger partial charge in [-0.3, -0.25) is 14.4 Å². The smallest absolute Gasteiger partial charge is 0.306 e. The van der Waals surface area contributed by atoms with E-state index in [0.717, 1.165) is 0 Å². The average molecular weight is 509 g/mol. The average Bonchev–Trinajstić information content (AvgIpc) is 2.64. The molecule has 2 N–H and O–H groups in total. The second-order valence-corrected chi connectivity index (χ2v) is 7.62. The number of anilines is 2. The fourth-order valence-corrected chi connectivity index (χ4v) is 2.77. The number of amides is 2. The zero-order valence-electron chi connectivity index (χ0n) is 14.2. The first-order valence-electron chi connectivity index (χ1n) is 7.90. The molecule has 2 aromatic carbocycles. The van der Waals surface area contributed by atoms with Gasteiger partial charge in [-0.1, -0.05) is 34.8 Å². The van der Waals surface area contributed by atoms with Crippen LogP contribution < -0.4 is 10.6 Å². The van der Waals surface area contributed by atoms with Gasteiger partial charge in [-0.25, -0.2) is 0 Å². The van der Waals surface area contributed by atoms with Gasteiger partial charge < -0.3 is 15.4 Å². The Bertz CT molecular complexity index is 908. The highest BCUT2D eigenvalue weighted by atomic mass is 79.9. The van der Waals surface area contributed by atoms with Gasteiger partial charge in [0, 0.05) is 21.6 Å². The first kappa shape index (κ1) is 22.5. The van der Waals surface area contributed by atoms with Crippen LogP contribution in [0.25, 0.3) is 0 Å². The minimum Gasteiger partial charge on any atom is -0.456 e. The van der Waals surface area contributed by atoms with Crippen LogP contribution in [0.4, 0.5) is 11.4 Å². The van der Waals surface area contributed by atoms with Gasteiger partial charge in [0.15, 0.2) is 6.61 Å². The maximum atomic E-state index is 11.9. The molecule has 0 unspecified atom stereocenters. The van der Waals surface area contributed by atoms with Crippen molar-refractivity contribution in [2.75, 3.05) is 17.2 Å². The number of nitrogens with one attached hydrogen (secondary N) is 2. The second kappa shape index (κ2) is 10.7. The molecule has 0 fully saturated rings. The molecular formula is C18H14BrCl3N2O4. The maximum absolute atomic E-state index is 11.9. The van der Waals surface area contributed by atoms with Crippen molar-refractivity contribution in [1.82, 2.24) is 0 Å². The molecule has 2 rings (SSSR count). The van der Waals surface area contributed by atoms with Gasteiger partial charge in [-0.15, -0.1) is 0 Å². The Labute approximate surface area is 184 Å². The van der Waals surface area contributed by atoms with Crippen LogP contribution >= 0.6 is 50.7 Å². The molecule has 0 saturated heterocycles. The standard InChI is InChI=1S/C18H14BrCl3N2O4/c19-12-3-2-11(8-14(12)22)23-17(26)9-28-18(27)6-5-16(25)24-15-7-10(20)1-4-13(15)21/h1-4,7-8H,5-6,9H2,(H,23,26)(H,24,25). The number of rotatable bonds is 7. The maximum Gasteiger partial charge on any atom is 0.306 e. The molecule has 2 amide bonds. The molecule has 2 aromatic rings. The van der Waals surface area contributed by atoms with Gasteiger partial charge in [-0.05, 0) is 52.3 Å². The number of esters is 1. The monoisotopic (exact) mass is 506 g/mol. The lowest BCUT2D eigenvalue weighted by atomic mass is 10.2. The lowest BCUT2D eigenvalue weighted by Gasteiger charge is -2.09. The summed E-state index contributed by atoms with van der Waals surface area (Å²) in [5.74, 6) is -1.65. The van der Waals surface area contributed by atoms with Gasteiger partial charge >= 0.3 is 5.97 Å². The summed E-state index contributed by atoms with van der Waals surface area (Å²) in [7, 11) is 0. The van der Waals surface area contributed by atoms with E-state index in [-0.39, 0.29) is 12.8 Å². The van der Waals surface area contributed by atoms with Crippen molar-refractivity contribution in [3.05, 3.63) is 55.9 Å². The van der Waals surface area contributed by atoms with Crippen molar-refractivity contribution in [2.24, 2.45) is 0 Å². The number of ether oxygens (including phenoxy) is 1. The Morgan fingerprint density at radius 3 is 2.36 bits per heavy atom. The summed E-state index contributed by atoms with van der Waals surface area (Å²) < 4.78 is 5.54. The van der Waals surface area contributed by atoms with Gasteiger partial charge in [0.05, 0.1) is 22.2 Å². The summed E-state index contributed by atoms with van der Waals surface area (Å²) in [4.78, 5) is 35.4. The summed E-state index contributed by atoms with van der Waals surface area (Å²) in [5.41, 5.74) is 0.812. The second-order valence-electron chi connectivity index (χ2n) is 5.51. The zero-order valence-corrected chi connectivity index (χ0v) is 18.1. The van der Waals surface area contributed by atoms with Crippen LogP contribution in [0.15, 0.2) is 40.9 Å². The molecule has 0 aromatic heterocycles. The topological polar surface area (TPSA) is 84.5 Å². The van der Waals surface area contributed by atoms with Gasteiger partial charge in [0.25, 0.3) is 5.91 Å². The highest BCUT2D eigenvalue weighted by molar-refractivity contribution is 9.10. The summed E-state index contributed by atoms with van der Waals surface area (Å²) in [6.45, 7) is -0.478. The molecule has 0 heterocycles. The highest BCUT2D eigenvalue weighted by Gasteiger charge is 2.12. The minimum atomic E-state index is -0.684. The van der Waals surface area contributed by atoms with Crippen molar-refractivity contribution in [2.45, 2.75) is 12.8 Å². The number of carbonyl (C=O) groups is 3. The van der Waals surface area contributed by atoms with Crippen molar-refractivity contribution in [1.29, 1.82) is 0 Å². The van der Waals surface area contributed by atoms with E-state index >= 15 is 0 Å². The van der Waals surface area contributed by atoms with Crippen LogP contribution in [0.3, 0.4) is 0 Å². The Morgan fingerprint density at radius 2 is 1.64 bits per heavy atom. The largest absolute Gasteiger partial charge is 0.456 e. The molecule has 0 spiro atoms. The number of hydrogen-bond donors (Lipinski definition) is 2. The molecule has 0 saturated carbocycles. The Balaban J connectivity index is 1.73. The van der Waals surface area contributed by atoms with Crippen LogP contribution in [0.2, 0.25) is 15.1 Å². The van der Waals surface area contributed by atoms with E-state index in [2.05, 4.69) is 26.6 Å². The number of hydrogen-bond acceptors (Lipinski definition) is 4. The third-order valence-corrected chi connectivity index (χ3v) is 5.12. The quantitative estimate of drug-likeness (QED) is 0.497. The first-order chi connectivity index (χ1) is 13.2. The molecular weight excluding hydrogens is 494 g/mol. The van der Waals surface area contributed by atoms with E-state index in [1.807, 2.05) is 0 Å². The van der Waals surface area contributed by atoms with Crippen molar-refractivity contribution in [3.8, 4) is 0 Å². The van der Waals surface area contributed by atoms with Gasteiger partial charge in [0.1, 0.15) is 0 Å². The number of halogens is 4. The van der Waals surface area contributed by atoms with Gasteiger partial charge in [0.2, 0.25) is 5.91 Å². The molecule has 6 nitrogen and oxygen atoms in total. The summed E-state index contributed by atoms with van der Waals surface area (Å²) >= 11 is 21.0. The van der Waals surface area contributed by atoms with E-state index in [1.165, 1.54) is 6.07 Å². The van der Waals surface area contributed by atoms with Crippen LogP contribution in [-0.4, -0.2) is 24.4 Å². The molecule has 0 aliphatic carbocycles. The normalized spacial score (nSPS) is 10.3.